The number of azo groups is 1. The second-order valence-electron chi connectivity index (χ2n) is 8.36. The number of benzene rings is 1. The minimum Gasteiger partial charge on any atom is -0.372 e. The molecule has 0 radical (unpaired) electrons. The Morgan fingerprint density at radius 2 is 1.81 bits per heavy atom. The number of aryl methyl sites for hydroxylation is 1. The highest BCUT2D eigenvalue weighted by atomic mass is 32.1. The molecule has 0 unspecified atom stereocenters. The zero-order chi connectivity index (χ0) is 22.8. The number of rotatable bonds is 11. The van der Waals surface area contributed by atoms with Crippen LogP contribution in [0.15, 0.2) is 28.4 Å². The third-order valence-electron chi connectivity index (χ3n) is 5.39. The van der Waals surface area contributed by atoms with Crippen molar-refractivity contribution in [3.63, 3.8) is 0 Å². The van der Waals surface area contributed by atoms with Crippen molar-refractivity contribution in [1.82, 2.24) is 0 Å². The van der Waals surface area contributed by atoms with Gasteiger partial charge < -0.3 is 4.90 Å². The smallest absolute Gasteiger partial charge is 0.158 e. The lowest BCUT2D eigenvalue weighted by molar-refractivity contribution is 0.559. The van der Waals surface area contributed by atoms with E-state index in [9.17, 15) is 10.5 Å². The first kappa shape index (κ1) is 24.6. The molecule has 6 heteroatoms. The minimum atomic E-state index is 0.437. The predicted molar refractivity (Wildman–Crippen MR) is 130 cm³/mol. The molecule has 164 valence electrons. The van der Waals surface area contributed by atoms with E-state index in [0.29, 0.717) is 26.9 Å². The number of unbranched alkanes of at least 4 members (excludes halogenated alkanes) is 3. The number of hydrogen-bond donors (Lipinski definition) is 0. The summed E-state index contributed by atoms with van der Waals surface area (Å²) in [6, 6.07) is 10.6. The summed E-state index contributed by atoms with van der Waals surface area (Å²) in [5.74, 6) is 0.675. The summed E-state index contributed by atoms with van der Waals surface area (Å²) in [4.78, 5) is 3.00. The highest BCUT2D eigenvalue weighted by Gasteiger charge is 2.15. The maximum atomic E-state index is 9.39. The van der Waals surface area contributed by atoms with E-state index in [-0.39, 0.29) is 0 Å². The monoisotopic (exact) mass is 435 g/mol. The third kappa shape index (κ3) is 6.91. The van der Waals surface area contributed by atoms with Crippen LogP contribution in [-0.2, 0) is 0 Å². The Balaban J connectivity index is 2.21. The van der Waals surface area contributed by atoms with Crippen molar-refractivity contribution < 1.29 is 0 Å². The van der Waals surface area contributed by atoms with Crippen molar-refractivity contribution in [2.24, 2.45) is 16.1 Å². The Labute approximate surface area is 191 Å². The molecule has 31 heavy (non-hydrogen) atoms. The molecule has 0 bridgehead atoms. The summed E-state index contributed by atoms with van der Waals surface area (Å²) in [6.07, 6.45) is 6.19. The molecule has 1 heterocycles. The van der Waals surface area contributed by atoms with Crippen LogP contribution in [0.3, 0.4) is 0 Å². The number of nitriles is 2. The van der Waals surface area contributed by atoms with Crippen LogP contribution in [0, 0.1) is 42.4 Å². The predicted octanol–water partition coefficient (Wildman–Crippen LogP) is 7.96. The number of anilines is 1. The van der Waals surface area contributed by atoms with Crippen molar-refractivity contribution in [3.8, 4) is 12.1 Å². The molecular formula is C25H33N5S. The Morgan fingerprint density at radius 3 is 2.42 bits per heavy atom. The van der Waals surface area contributed by atoms with E-state index < -0.39 is 0 Å². The van der Waals surface area contributed by atoms with Crippen LogP contribution in [-0.4, -0.2) is 13.1 Å². The second kappa shape index (κ2) is 12.2. The van der Waals surface area contributed by atoms with Crippen LogP contribution in [0.25, 0.3) is 0 Å². The van der Waals surface area contributed by atoms with Gasteiger partial charge in [0.1, 0.15) is 17.0 Å². The summed E-state index contributed by atoms with van der Waals surface area (Å²) in [5, 5.41) is 27.8. The van der Waals surface area contributed by atoms with Crippen LogP contribution < -0.4 is 4.90 Å². The molecular weight excluding hydrogens is 402 g/mol. The van der Waals surface area contributed by atoms with Crippen molar-refractivity contribution in [2.45, 2.75) is 66.7 Å². The number of nitrogens with zero attached hydrogens (tertiary/aromatic N) is 5. The van der Waals surface area contributed by atoms with Crippen LogP contribution in [0.1, 0.15) is 74.4 Å². The van der Waals surface area contributed by atoms with Gasteiger partial charge >= 0.3 is 0 Å². The van der Waals surface area contributed by atoms with E-state index in [0.717, 1.165) is 24.3 Å². The molecule has 1 aromatic carbocycles. The Hall–Kier alpha value is -2.70. The first-order valence-electron chi connectivity index (χ1n) is 11.1. The fraction of sp³-hybridized carbons (Fsp3) is 0.520. The summed E-state index contributed by atoms with van der Waals surface area (Å²) in [5.41, 5.74) is 4.18. The zero-order valence-corrected chi connectivity index (χ0v) is 20.2. The largest absolute Gasteiger partial charge is 0.372 e. The third-order valence-corrected chi connectivity index (χ3v) is 6.47. The standard InChI is InChI=1S/C25H33N5S/c1-6-7-8-9-13-30(14-12-18(2)3)21-10-11-23(19(4)15-21)28-29-25-22(16-26)20(5)24(17-27)31-25/h10-11,15,18H,6-9,12-14H2,1-5H3. The first-order valence-corrected chi connectivity index (χ1v) is 11.9. The summed E-state index contributed by atoms with van der Waals surface area (Å²) >= 11 is 1.21. The van der Waals surface area contributed by atoms with Crippen molar-refractivity contribution in [1.29, 1.82) is 10.5 Å². The van der Waals surface area contributed by atoms with E-state index >= 15 is 0 Å². The lowest BCUT2D eigenvalue weighted by atomic mass is 10.1. The molecule has 0 fully saturated rings. The average molecular weight is 436 g/mol. The van der Waals surface area contributed by atoms with Gasteiger partial charge in [0.05, 0.1) is 11.3 Å². The SMILES string of the molecule is CCCCCCN(CCC(C)C)c1ccc(N=Nc2sc(C#N)c(C)c2C#N)c(C)c1. The topological polar surface area (TPSA) is 75.5 Å². The maximum absolute atomic E-state index is 9.39. The lowest BCUT2D eigenvalue weighted by Gasteiger charge is -2.26. The van der Waals surface area contributed by atoms with E-state index in [1.54, 1.807) is 6.92 Å². The molecule has 0 N–H and O–H groups in total. The van der Waals surface area contributed by atoms with Gasteiger partial charge in [-0.2, -0.15) is 10.5 Å². The van der Waals surface area contributed by atoms with Crippen molar-refractivity contribution in [2.75, 3.05) is 18.0 Å². The fourth-order valence-electron chi connectivity index (χ4n) is 3.37. The molecule has 2 rings (SSSR count). The first-order chi connectivity index (χ1) is 14.9. The number of thiophene rings is 1. The molecule has 2 aromatic rings. The molecule has 0 saturated heterocycles. The van der Waals surface area contributed by atoms with Gasteiger partial charge in [-0.15, -0.1) is 21.6 Å². The summed E-state index contributed by atoms with van der Waals surface area (Å²) in [7, 11) is 0. The molecule has 1 aromatic heterocycles. The van der Waals surface area contributed by atoms with Crippen LogP contribution in [0.5, 0.6) is 0 Å². The van der Waals surface area contributed by atoms with Crippen LogP contribution in [0.4, 0.5) is 16.4 Å². The highest BCUT2D eigenvalue weighted by molar-refractivity contribution is 7.16. The van der Waals surface area contributed by atoms with Crippen molar-refractivity contribution >= 4 is 27.7 Å². The average Bonchev–Trinajstić information content (AvgIpc) is 3.06. The Bertz CT molecular complexity index is 975. The van der Waals surface area contributed by atoms with Gasteiger partial charge in [-0.25, -0.2) is 0 Å². The molecule has 0 aliphatic rings. The molecule has 0 saturated carbocycles. The fourth-order valence-corrected chi connectivity index (χ4v) is 4.24. The van der Waals surface area contributed by atoms with Gasteiger partial charge in [-0.3, -0.25) is 0 Å². The van der Waals surface area contributed by atoms with Gasteiger partial charge in [0, 0.05) is 18.8 Å². The van der Waals surface area contributed by atoms with Crippen LogP contribution in [0.2, 0.25) is 0 Å². The molecule has 5 nitrogen and oxygen atoms in total. The van der Waals surface area contributed by atoms with E-state index in [1.807, 2.05) is 13.0 Å². The molecule has 0 spiro atoms. The highest BCUT2D eigenvalue weighted by Crippen LogP contribution is 2.36. The Kier molecular flexibility index (Phi) is 9.69. The normalized spacial score (nSPS) is 11.1. The summed E-state index contributed by atoms with van der Waals surface area (Å²) in [6.45, 7) is 12.7. The molecule has 0 atom stereocenters. The van der Waals surface area contributed by atoms with Gasteiger partial charge in [-0.1, -0.05) is 40.0 Å². The van der Waals surface area contributed by atoms with Gasteiger partial charge in [-0.05, 0) is 61.9 Å². The molecule has 0 aliphatic heterocycles. The lowest BCUT2D eigenvalue weighted by Crippen LogP contribution is -2.26. The van der Waals surface area contributed by atoms with Crippen molar-refractivity contribution in [3.05, 3.63) is 39.8 Å². The summed E-state index contributed by atoms with van der Waals surface area (Å²) < 4.78 is 0. The Morgan fingerprint density at radius 1 is 1.03 bits per heavy atom. The van der Waals surface area contributed by atoms with Gasteiger partial charge in [0.25, 0.3) is 0 Å². The number of hydrogen-bond acceptors (Lipinski definition) is 6. The van der Waals surface area contributed by atoms with E-state index in [1.165, 1.54) is 49.1 Å². The quantitative estimate of drug-likeness (QED) is 0.265. The molecule has 0 amide bonds. The zero-order valence-electron chi connectivity index (χ0n) is 19.4. The van der Waals surface area contributed by atoms with Gasteiger partial charge in [0.2, 0.25) is 0 Å². The van der Waals surface area contributed by atoms with E-state index in [4.69, 9.17) is 0 Å². The minimum absolute atomic E-state index is 0.437. The van der Waals surface area contributed by atoms with E-state index in [2.05, 4.69) is 60.2 Å². The second-order valence-corrected chi connectivity index (χ2v) is 9.36. The van der Waals surface area contributed by atoms with Gasteiger partial charge in [0.15, 0.2) is 5.00 Å². The molecule has 0 aliphatic carbocycles. The maximum Gasteiger partial charge on any atom is 0.158 e. The van der Waals surface area contributed by atoms with Crippen LogP contribution >= 0.6 is 11.3 Å².